The van der Waals surface area contributed by atoms with Crippen LogP contribution in [0.4, 0.5) is 5.69 Å². The molecular weight excluding hydrogens is 226 g/mol. The lowest BCUT2D eigenvalue weighted by Crippen LogP contribution is -2.11. The van der Waals surface area contributed by atoms with Crippen LogP contribution in [0.5, 0.6) is 5.75 Å². The second-order valence-corrected chi connectivity index (χ2v) is 4.82. The predicted molar refractivity (Wildman–Crippen MR) is 75.0 cm³/mol. The maximum atomic E-state index is 11.7. The first-order valence-corrected chi connectivity index (χ1v) is 6.64. The molecule has 1 aromatic rings. The molecule has 3 heteroatoms. The molecular formula is C15H23NO2. The monoisotopic (exact) mass is 249 g/mol. The van der Waals surface area contributed by atoms with Gasteiger partial charge >= 0.3 is 0 Å². The van der Waals surface area contributed by atoms with Gasteiger partial charge in [0.1, 0.15) is 5.75 Å². The number of hydrogen-bond acceptors (Lipinski definition) is 2. The van der Waals surface area contributed by atoms with Crippen molar-refractivity contribution >= 4 is 11.6 Å². The van der Waals surface area contributed by atoms with E-state index in [1.165, 1.54) is 12.8 Å². The molecule has 0 fully saturated rings. The minimum absolute atomic E-state index is 0.0515. The van der Waals surface area contributed by atoms with E-state index in [0.29, 0.717) is 12.2 Å². The van der Waals surface area contributed by atoms with Gasteiger partial charge in [-0.2, -0.15) is 0 Å². The van der Waals surface area contributed by atoms with Crippen molar-refractivity contribution in [3.63, 3.8) is 0 Å². The second-order valence-electron chi connectivity index (χ2n) is 4.82. The minimum Gasteiger partial charge on any atom is -0.507 e. The number of phenolic OH excluding ortho intramolecular Hbond substituents is 1. The van der Waals surface area contributed by atoms with Gasteiger partial charge in [-0.25, -0.2) is 0 Å². The first kappa shape index (κ1) is 14.6. The van der Waals surface area contributed by atoms with Crippen LogP contribution >= 0.6 is 0 Å². The Labute approximate surface area is 109 Å². The molecule has 0 spiro atoms. The van der Waals surface area contributed by atoms with E-state index in [4.69, 9.17) is 0 Å². The summed E-state index contributed by atoms with van der Waals surface area (Å²) in [6.07, 6.45) is 4.98. The molecule has 3 nitrogen and oxygen atoms in total. The minimum atomic E-state index is 0.0515. The van der Waals surface area contributed by atoms with Crippen LogP contribution in [0.15, 0.2) is 12.1 Å². The van der Waals surface area contributed by atoms with E-state index in [2.05, 4.69) is 12.2 Å². The number of carbonyl (C=O) groups excluding carboxylic acids is 1. The molecule has 1 amide bonds. The largest absolute Gasteiger partial charge is 0.507 e. The molecule has 0 aliphatic heterocycles. The first-order valence-electron chi connectivity index (χ1n) is 6.64. The summed E-state index contributed by atoms with van der Waals surface area (Å²) in [4.78, 5) is 11.7. The van der Waals surface area contributed by atoms with Gasteiger partial charge in [0, 0.05) is 12.1 Å². The number of aromatic hydroxyl groups is 1. The van der Waals surface area contributed by atoms with Gasteiger partial charge in [-0.3, -0.25) is 4.79 Å². The lowest BCUT2D eigenvalue weighted by Gasteiger charge is -2.09. The van der Waals surface area contributed by atoms with E-state index in [1.54, 1.807) is 12.1 Å². The van der Waals surface area contributed by atoms with Gasteiger partial charge in [-0.05, 0) is 43.5 Å². The zero-order valence-corrected chi connectivity index (χ0v) is 11.5. The smallest absolute Gasteiger partial charge is 0.224 e. The number of amides is 1. The summed E-state index contributed by atoms with van der Waals surface area (Å²) in [5.41, 5.74) is 2.34. The van der Waals surface area contributed by atoms with Gasteiger partial charge in [-0.1, -0.05) is 26.2 Å². The van der Waals surface area contributed by atoms with Crippen LogP contribution in [0.1, 0.15) is 50.2 Å². The lowest BCUT2D eigenvalue weighted by atomic mass is 10.1. The van der Waals surface area contributed by atoms with E-state index < -0.39 is 0 Å². The van der Waals surface area contributed by atoms with Crippen LogP contribution < -0.4 is 5.32 Å². The molecule has 2 N–H and O–H groups in total. The highest BCUT2D eigenvalue weighted by Crippen LogP contribution is 2.25. The molecule has 1 rings (SSSR count). The molecule has 100 valence electrons. The molecule has 0 aliphatic rings. The number of aryl methyl sites for hydroxylation is 2. The quantitative estimate of drug-likeness (QED) is 0.593. The van der Waals surface area contributed by atoms with Gasteiger partial charge in [0.2, 0.25) is 5.91 Å². The molecule has 0 aromatic heterocycles. The van der Waals surface area contributed by atoms with Crippen LogP contribution in [0, 0.1) is 13.8 Å². The Bertz CT molecular complexity index is 390. The summed E-state index contributed by atoms with van der Waals surface area (Å²) in [6, 6.07) is 3.60. The number of hydrogen-bond donors (Lipinski definition) is 2. The van der Waals surface area contributed by atoms with Gasteiger partial charge in [-0.15, -0.1) is 0 Å². The van der Waals surface area contributed by atoms with Gasteiger partial charge in [0.25, 0.3) is 0 Å². The van der Waals surface area contributed by atoms with E-state index >= 15 is 0 Å². The molecule has 1 aromatic carbocycles. The molecule has 0 atom stereocenters. The first-order chi connectivity index (χ1) is 8.54. The average Bonchev–Trinajstić information content (AvgIpc) is 2.31. The van der Waals surface area contributed by atoms with Gasteiger partial charge in [0.05, 0.1) is 0 Å². The number of nitrogens with one attached hydrogen (secondary N) is 1. The van der Waals surface area contributed by atoms with Crippen molar-refractivity contribution in [1.29, 1.82) is 0 Å². The molecule has 0 unspecified atom stereocenters. The van der Waals surface area contributed by atoms with E-state index in [-0.39, 0.29) is 5.91 Å². The Morgan fingerprint density at radius 1 is 1.17 bits per heavy atom. The van der Waals surface area contributed by atoms with E-state index in [1.807, 2.05) is 13.8 Å². The topological polar surface area (TPSA) is 49.3 Å². The molecule has 0 heterocycles. The van der Waals surface area contributed by atoms with Crippen molar-refractivity contribution in [3.8, 4) is 5.75 Å². The van der Waals surface area contributed by atoms with Crippen molar-refractivity contribution < 1.29 is 9.90 Å². The zero-order chi connectivity index (χ0) is 13.5. The standard InChI is InChI=1S/C15H23NO2/c1-4-5-6-7-8-14(17)16-13-9-11(2)15(18)12(3)10-13/h9-10,18H,4-8H2,1-3H3,(H,16,17). The predicted octanol–water partition coefficient (Wildman–Crippen LogP) is 3.92. The Kier molecular flexibility index (Phi) is 5.69. The number of rotatable bonds is 6. The number of carbonyl (C=O) groups is 1. The number of unbranched alkanes of at least 4 members (excludes halogenated alkanes) is 3. The Morgan fingerprint density at radius 2 is 1.78 bits per heavy atom. The highest BCUT2D eigenvalue weighted by molar-refractivity contribution is 5.91. The summed E-state index contributed by atoms with van der Waals surface area (Å²) in [7, 11) is 0. The number of benzene rings is 1. The van der Waals surface area contributed by atoms with E-state index in [0.717, 1.165) is 29.7 Å². The van der Waals surface area contributed by atoms with Crippen LogP contribution in [0.2, 0.25) is 0 Å². The second kappa shape index (κ2) is 7.04. The normalized spacial score (nSPS) is 10.4. The zero-order valence-electron chi connectivity index (χ0n) is 11.5. The van der Waals surface area contributed by atoms with Crippen molar-refractivity contribution in [2.45, 2.75) is 52.9 Å². The summed E-state index contributed by atoms with van der Waals surface area (Å²) in [5.74, 6) is 0.353. The number of phenols is 1. The van der Waals surface area contributed by atoms with Crippen LogP contribution in [0.25, 0.3) is 0 Å². The summed E-state index contributed by atoms with van der Waals surface area (Å²) >= 11 is 0. The molecule has 0 bridgehead atoms. The maximum Gasteiger partial charge on any atom is 0.224 e. The summed E-state index contributed by atoms with van der Waals surface area (Å²) < 4.78 is 0. The number of anilines is 1. The Hall–Kier alpha value is -1.51. The van der Waals surface area contributed by atoms with Crippen molar-refractivity contribution in [3.05, 3.63) is 23.3 Å². The van der Waals surface area contributed by atoms with Crippen molar-refractivity contribution in [2.24, 2.45) is 0 Å². The maximum absolute atomic E-state index is 11.7. The van der Waals surface area contributed by atoms with Crippen molar-refractivity contribution in [2.75, 3.05) is 5.32 Å². The van der Waals surface area contributed by atoms with Crippen LogP contribution in [-0.4, -0.2) is 11.0 Å². The van der Waals surface area contributed by atoms with Crippen LogP contribution in [0.3, 0.4) is 0 Å². The third kappa shape index (κ3) is 4.40. The van der Waals surface area contributed by atoms with Crippen LogP contribution in [-0.2, 0) is 4.79 Å². The molecule has 18 heavy (non-hydrogen) atoms. The van der Waals surface area contributed by atoms with Gasteiger partial charge < -0.3 is 10.4 Å². The molecule has 0 saturated heterocycles. The van der Waals surface area contributed by atoms with Crippen molar-refractivity contribution in [1.82, 2.24) is 0 Å². The summed E-state index contributed by atoms with van der Waals surface area (Å²) in [5, 5.41) is 12.5. The lowest BCUT2D eigenvalue weighted by molar-refractivity contribution is -0.116. The highest BCUT2D eigenvalue weighted by Gasteiger charge is 2.06. The average molecular weight is 249 g/mol. The molecule has 0 aliphatic carbocycles. The Morgan fingerprint density at radius 3 is 2.33 bits per heavy atom. The SMILES string of the molecule is CCCCCCC(=O)Nc1cc(C)c(O)c(C)c1. The van der Waals surface area contributed by atoms with E-state index in [9.17, 15) is 9.90 Å². The molecule has 0 saturated carbocycles. The fourth-order valence-corrected chi connectivity index (χ4v) is 1.96. The van der Waals surface area contributed by atoms with Gasteiger partial charge in [0.15, 0.2) is 0 Å². The fourth-order valence-electron chi connectivity index (χ4n) is 1.96. The third-order valence-corrected chi connectivity index (χ3v) is 3.03. The highest BCUT2D eigenvalue weighted by atomic mass is 16.3. The summed E-state index contributed by atoms with van der Waals surface area (Å²) in [6.45, 7) is 5.82. The third-order valence-electron chi connectivity index (χ3n) is 3.03. The fraction of sp³-hybridized carbons (Fsp3) is 0.533. The molecule has 0 radical (unpaired) electrons. The Balaban J connectivity index is 2.49.